The fourth-order valence-corrected chi connectivity index (χ4v) is 5.31. The standard InChI is InChI=1S/C16H33N3S/c1-4-8-18-9-5-6-16(13-17,7-10-18)19-11-14(2)20-15(3)12-19/h14-15H,4-13,17H2,1-3H3. The molecule has 3 nitrogen and oxygen atoms in total. The number of thioether (sulfide) groups is 1. The van der Waals surface area contributed by atoms with Crippen molar-refractivity contribution in [3.05, 3.63) is 0 Å². The summed E-state index contributed by atoms with van der Waals surface area (Å²) in [4.78, 5) is 5.39. The van der Waals surface area contributed by atoms with Gasteiger partial charge in [-0.15, -0.1) is 0 Å². The molecule has 2 heterocycles. The third-order valence-corrected chi connectivity index (χ3v) is 6.25. The lowest BCUT2D eigenvalue weighted by Crippen LogP contribution is -2.59. The molecule has 118 valence electrons. The van der Waals surface area contributed by atoms with E-state index in [1.165, 1.54) is 58.4 Å². The Morgan fingerprint density at radius 1 is 1.15 bits per heavy atom. The zero-order valence-corrected chi connectivity index (χ0v) is 14.4. The van der Waals surface area contributed by atoms with Crippen molar-refractivity contribution in [1.82, 2.24) is 9.80 Å². The summed E-state index contributed by atoms with van der Waals surface area (Å²) in [5.41, 5.74) is 6.55. The molecule has 0 saturated carbocycles. The van der Waals surface area contributed by atoms with Gasteiger partial charge in [-0.1, -0.05) is 20.8 Å². The normalized spacial score (nSPS) is 37.8. The Balaban J connectivity index is 2.04. The second-order valence-electron chi connectivity index (χ2n) is 6.79. The second-order valence-corrected chi connectivity index (χ2v) is 8.67. The van der Waals surface area contributed by atoms with E-state index in [9.17, 15) is 0 Å². The molecule has 0 spiro atoms. The maximum atomic E-state index is 6.28. The third-order valence-electron chi connectivity index (χ3n) is 5.02. The quantitative estimate of drug-likeness (QED) is 0.864. The predicted octanol–water partition coefficient (Wildman–Crippen LogP) is 2.41. The van der Waals surface area contributed by atoms with Gasteiger partial charge in [-0.3, -0.25) is 4.90 Å². The molecule has 2 aliphatic heterocycles. The molecule has 2 fully saturated rings. The largest absolute Gasteiger partial charge is 0.329 e. The van der Waals surface area contributed by atoms with Crippen molar-refractivity contribution in [2.75, 3.05) is 39.3 Å². The molecule has 3 unspecified atom stereocenters. The van der Waals surface area contributed by atoms with Gasteiger partial charge in [-0.2, -0.15) is 11.8 Å². The number of hydrogen-bond donors (Lipinski definition) is 1. The molecule has 0 amide bonds. The highest BCUT2D eigenvalue weighted by molar-refractivity contribution is 8.00. The van der Waals surface area contributed by atoms with E-state index >= 15 is 0 Å². The summed E-state index contributed by atoms with van der Waals surface area (Å²) >= 11 is 2.14. The number of likely N-dealkylation sites (tertiary alicyclic amines) is 1. The van der Waals surface area contributed by atoms with E-state index in [4.69, 9.17) is 5.73 Å². The first-order valence-corrected chi connectivity index (χ1v) is 9.37. The molecule has 0 aromatic rings. The summed E-state index contributed by atoms with van der Waals surface area (Å²) < 4.78 is 0. The van der Waals surface area contributed by atoms with Crippen LogP contribution in [0.5, 0.6) is 0 Å². The average molecular weight is 300 g/mol. The molecular formula is C16H33N3S. The maximum Gasteiger partial charge on any atom is 0.0345 e. The zero-order valence-electron chi connectivity index (χ0n) is 13.6. The molecule has 0 radical (unpaired) electrons. The van der Waals surface area contributed by atoms with Gasteiger partial charge in [0.05, 0.1) is 0 Å². The number of hydrogen-bond acceptors (Lipinski definition) is 4. The molecule has 2 aliphatic rings. The van der Waals surface area contributed by atoms with Gasteiger partial charge < -0.3 is 10.6 Å². The highest BCUT2D eigenvalue weighted by Gasteiger charge is 2.40. The van der Waals surface area contributed by atoms with Gasteiger partial charge in [0.15, 0.2) is 0 Å². The summed E-state index contributed by atoms with van der Waals surface area (Å²) in [5, 5.41) is 1.49. The minimum Gasteiger partial charge on any atom is -0.329 e. The first-order valence-electron chi connectivity index (χ1n) is 8.42. The lowest BCUT2D eigenvalue weighted by atomic mass is 9.87. The molecule has 20 heavy (non-hydrogen) atoms. The predicted molar refractivity (Wildman–Crippen MR) is 90.5 cm³/mol. The van der Waals surface area contributed by atoms with Crippen LogP contribution < -0.4 is 5.73 Å². The van der Waals surface area contributed by atoms with Gasteiger partial charge in [-0.25, -0.2) is 0 Å². The monoisotopic (exact) mass is 299 g/mol. The Morgan fingerprint density at radius 3 is 2.45 bits per heavy atom. The Bertz CT molecular complexity index is 289. The van der Waals surface area contributed by atoms with Crippen molar-refractivity contribution < 1.29 is 0 Å². The first-order chi connectivity index (χ1) is 9.59. The molecule has 0 bridgehead atoms. The molecule has 2 N–H and O–H groups in total. The van der Waals surface area contributed by atoms with Crippen LogP contribution in [0.1, 0.15) is 46.5 Å². The summed E-state index contributed by atoms with van der Waals surface area (Å²) in [6.45, 7) is 14.1. The topological polar surface area (TPSA) is 32.5 Å². The number of nitrogens with two attached hydrogens (primary N) is 1. The van der Waals surface area contributed by atoms with E-state index in [1.807, 2.05) is 0 Å². The Labute approximate surface area is 129 Å². The average Bonchev–Trinajstić information content (AvgIpc) is 2.61. The third kappa shape index (κ3) is 3.90. The number of rotatable bonds is 4. The minimum atomic E-state index is 0.270. The van der Waals surface area contributed by atoms with Crippen LogP contribution in [-0.4, -0.2) is 65.1 Å². The van der Waals surface area contributed by atoms with Crippen LogP contribution >= 0.6 is 11.8 Å². The summed E-state index contributed by atoms with van der Waals surface area (Å²) in [6.07, 6.45) is 5.12. The van der Waals surface area contributed by atoms with Crippen molar-refractivity contribution in [3.8, 4) is 0 Å². The van der Waals surface area contributed by atoms with Crippen LogP contribution in [0.15, 0.2) is 0 Å². The smallest absolute Gasteiger partial charge is 0.0345 e. The lowest BCUT2D eigenvalue weighted by molar-refractivity contribution is 0.0761. The summed E-state index contributed by atoms with van der Waals surface area (Å²) in [7, 11) is 0. The Hall–Kier alpha value is 0.230. The molecule has 2 rings (SSSR count). The molecular weight excluding hydrogens is 266 g/mol. The zero-order chi connectivity index (χ0) is 14.6. The van der Waals surface area contributed by atoms with Crippen molar-refractivity contribution >= 4 is 11.8 Å². The van der Waals surface area contributed by atoms with E-state index in [-0.39, 0.29) is 5.54 Å². The van der Waals surface area contributed by atoms with E-state index < -0.39 is 0 Å². The summed E-state index contributed by atoms with van der Waals surface area (Å²) in [6, 6.07) is 0. The molecule has 0 aromatic heterocycles. The van der Waals surface area contributed by atoms with Crippen LogP contribution in [0.3, 0.4) is 0 Å². The van der Waals surface area contributed by atoms with Crippen LogP contribution in [0, 0.1) is 0 Å². The number of nitrogens with zero attached hydrogens (tertiary/aromatic N) is 2. The fourth-order valence-electron chi connectivity index (χ4n) is 3.99. The molecule has 0 aromatic carbocycles. The van der Waals surface area contributed by atoms with Gasteiger partial charge in [-0.05, 0) is 45.3 Å². The molecule has 2 saturated heterocycles. The van der Waals surface area contributed by atoms with E-state index in [0.29, 0.717) is 0 Å². The van der Waals surface area contributed by atoms with Crippen molar-refractivity contribution in [3.63, 3.8) is 0 Å². The SMILES string of the molecule is CCCN1CCCC(CN)(N2CC(C)SC(C)C2)CC1. The van der Waals surface area contributed by atoms with Crippen LogP contribution in [0.4, 0.5) is 0 Å². The minimum absolute atomic E-state index is 0.270. The molecule has 0 aliphatic carbocycles. The van der Waals surface area contributed by atoms with Crippen molar-refractivity contribution in [2.45, 2.75) is 62.5 Å². The van der Waals surface area contributed by atoms with Crippen molar-refractivity contribution in [2.24, 2.45) is 5.73 Å². The first kappa shape index (κ1) is 16.6. The van der Waals surface area contributed by atoms with Crippen LogP contribution in [0.25, 0.3) is 0 Å². The Kier molecular flexibility index (Phi) is 6.21. The van der Waals surface area contributed by atoms with Gasteiger partial charge in [0, 0.05) is 35.7 Å². The van der Waals surface area contributed by atoms with E-state index in [2.05, 4.69) is 42.3 Å². The van der Waals surface area contributed by atoms with E-state index in [0.717, 1.165) is 17.0 Å². The summed E-state index contributed by atoms with van der Waals surface area (Å²) in [5.74, 6) is 0. The fraction of sp³-hybridized carbons (Fsp3) is 1.00. The second kappa shape index (κ2) is 7.48. The van der Waals surface area contributed by atoms with E-state index in [1.54, 1.807) is 0 Å². The lowest BCUT2D eigenvalue weighted by Gasteiger charge is -2.48. The highest BCUT2D eigenvalue weighted by Crippen LogP contribution is 2.34. The Morgan fingerprint density at radius 2 is 1.85 bits per heavy atom. The van der Waals surface area contributed by atoms with Crippen LogP contribution in [0.2, 0.25) is 0 Å². The van der Waals surface area contributed by atoms with Crippen molar-refractivity contribution in [1.29, 1.82) is 0 Å². The van der Waals surface area contributed by atoms with Crippen LogP contribution in [-0.2, 0) is 0 Å². The molecule has 3 atom stereocenters. The van der Waals surface area contributed by atoms with Gasteiger partial charge >= 0.3 is 0 Å². The highest BCUT2D eigenvalue weighted by atomic mass is 32.2. The van der Waals surface area contributed by atoms with Gasteiger partial charge in [0.25, 0.3) is 0 Å². The molecule has 4 heteroatoms. The van der Waals surface area contributed by atoms with Gasteiger partial charge in [0.1, 0.15) is 0 Å². The van der Waals surface area contributed by atoms with Gasteiger partial charge in [0.2, 0.25) is 0 Å². The maximum absolute atomic E-state index is 6.28.